The van der Waals surface area contributed by atoms with Crippen LogP contribution in [0.15, 0.2) is 54.6 Å². The third kappa shape index (κ3) is 12.6. The van der Waals surface area contributed by atoms with Crippen LogP contribution in [0.3, 0.4) is 0 Å². The van der Waals surface area contributed by atoms with Crippen molar-refractivity contribution in [3.8, 4) is 0 Å². The average Bonchev–Trinajstić information content (AvgIpc) is 2.99. The van der Waals surface area contributed by atoms with E-state index < -0.39 is 44.2 Å². The standard InChI is InChI=1S/C37H58FNO7Si/c1-25(2)47(26(3)4,27(5)6)46-34(28(7)44-24-30-15-13-12-14-16-30)33(23-29-17-19-31(38)20-18-29)43-22-21-32(35(40)42-11)39-36(41)45-37(8,9)10/h12-20,25-28,32-34H,21-24H2,1-11H3,(H,39,41). The maximum absolute atomic E-state index is 13.9. The Kier molecular flexibility index (Phi) is 16.0. The highest BCUT2D eigenvalue weighted by Crippen LogP contribution is 2.44. The molecule has 2 rings (SSSR count). The fraction of sp³-hybridized carbons (Fsp3) is 0.622. The molecule has 0 heterocycles. The molecule has 1 N–H and O–H groups in total. The second-order valence-electron chi connectivity index (χ2n) is 14.2. The number of ether oxygens (including phenoxy) is 4. The Morgan fingerprint density at radius 2 is 1.40 bits per heavy atom. The SMILES string of the molecule is COC(=O)C(CCOC(Cc1ccc(F)cc1)C(O[Si](C(C)C)(C(C)C)C(C)C)C(C)OCc1ccccc1)NC(=O)OC(C)(C)C. The molecule has 2 aromatic rings. The maximum atomic E-state index is 13.9. The van der Waals surface area contributed by atoms with Crippen molar-refractivity contribution >= 4 is 20.4 Å². The molecular formula is C37H58FNO7Si. The Morgan fingerprint density at radius 1 is 0.830 bits per heavy atom. The first-order valence-corrected chi connectivity index (χ1v) is 18.9. The van der Waals surface area contributed by atoms with E-state index in [1.54, 1.807) is 32.9 Å². The lowest BCUT2D eigenvalue weighted by molar-refractivity contribution is -0.144. The first-order chi connectivity index (χ1) is 22.0. The Morgan fingerprint density at radius 3 is 1.91 bits per heavy atom. The summed E-state index contributed by atoms with van der Waals surface area (Å²) in [6.45, 7) is 21.2. The smallest absolute Gasteiger partial charge is 0.408 e. The topological polar surface area (TPSA) is 92.3 Å². The monoisotopic (exact) mass is 675 g/mol. The van der Waals surface area contributed by atoms with Gasteiger partial charge in [-0.3, -0.25) is 0 Å². The largest absolute Gasteiger partial charge is 0.467 e. The minimum atomic E-state index is -2.45. The highest BCUT2D eigenvalue weighted by Gasteiger charge is 2.49. The molecule has 0 radical (unpaired) electrons. The summed E-state index contributed by atoms with van der Waals surface area (Å²) in [6, 6.07) is 15.4. The fourth-order valence-corrected chi connectivity index (χ4v) is 11.9. The molecule has 1 amide bonds. The van der Waals surface area contributed by atoms with Gasteiger partial charge < -0.3 is 28.7 Å². The number of nitrogens with one attached hydrogen (secondary N) is 1. The van der Waals surface area contributed by atoms with Gasteiger partial charge in [0.15, 0.2) is 0 Å². The van der Waals surface area contributed by atoms with Gasteiger partial charge in [-0.05, 0) is 67.6 Å². The number of rotatable bonds is 18. The van der Waals surface area contributed by atoms with Gasteiger partial charge in [0.05, 0.1) is 32.0 Å². The van der Waals surface area contributed by atoms with Gasteiger partial charge in [-0.15, -0.1) is 0 Å². The first-order valence-electron chi connectivity index (χ1n) is 16.8. The van der Waals surface area contributed by atoms with Crippen LogP contribution in [0.5, 0.6) is 0 Å². The van der Waals surface area contributed by atoms with Gasteiger partial charge in [-0.1, -0.05) is 84.0 Å². The van der Waals surface area contributed by atoms with Crippen molar-refractivity contribution < 1.29 is 37.4 Å². The number of alkyl carbamates (subject to hydrolysis) is 1. The molecule has 10 heteroatoms. The van der Waals surface area contributed by atoms with Crippen LogP contribution in [0.2, 0.25) is 16.6 Å². The van der Waals surface area contributed by atoms with E-state index in [-0.39, 0.29) is 24.9 Å². The molecule has 0 fully saturated rings. The van der Waals surface area contributed by atoms with Crippen LogP contribution in [0.25, 0.3) is 0 Å². The summed E-state index contributed by atoms with van der Waals surface area (Å²) < 4.78 is 44.8. The van der Waals surface area contributed by atoms with Gasteiger partial charge >= 0.3 is 12.1 Å². The van der Waals surface area contributed by atoms with Gasteiger partial charge in [0.25, 0.3) is 0 Å². The maximum Gasteiger partial charge on any atom is 0.408 e. The van der Waals surface area contributed by atoms with Crippen molar-refractivity contribution in [3.63, 3.8) is 0 Å². The lowest BCUT2D eigenvalue weighted by atomic mass is 10.0. The van der Waals surface area contributed by atoms with Crippen LogP contribution in [0.4, 0.5) is 9.18 Å². The molecule has 2 aromatic carbocycles. The Labute approximate surface area is 283 Å². The highest BCUT2D eigenvalue weighted by atomic mass is 28.4. The van der Waals surface area contributed by atoms with Crippen molar-refractivity contribution in [2.45, 2.75) is 135 Å². The molecule has 0 aromatic heterocycles. The van der Waals surface area contributed by atoms with Gasteiger partial charge in [0.1, 0.15) is 17.5 Å². The van der Waals surface area contributed by atoms with E-state index in [2.05, 4.69) is 46.9 Å². The van der Waals surface area contributed by atoms with Crippen LogP contribution in [-0.4, -0.2) is 64.1 Å². The van der Waals surface area contributed by atoms with Crippen molar-refractivity contribution in [2.24, 2.45) is 0 Å². The summed E-state index contributed by atoms with van der Waals surface area (Å²) in [6.07, 6.45) is -1.54. The summed E-state index contributed by atoms with van der Waals surface area (Å²) in [5, 5.41) is 2.62. The van der Waals surface area contributed by atoms with E-state index in [4.69, 9.17) is 23.4 Å². The number of hydrogen-bond donors (Lipinski definition) is 1. The minimum Gasteiger partial charge on any atom is -0.467 e. The Balaban J connectivity index is 2.48. The lowest BCUT2D eigenvalue weighted by Crippen LogP contribution is -2.56. The molecule has 4 atom stereocenters. The third-order valence-electron chi connectivity index (χ3n) is 8.50. The number of benzene rings is 2. The van der Waals surface area contributed by atoms with E-state index in [1.807, 2.05) is 37.3 Å². The lowest BCUT2D eigenvalue weighted by Gasteiger charge is -2.47. The number of esters is 1. The second-order valence-corrected chi connectivity index (χ2v) is 19.6. The predicted octanol–water partition coefficient (Wildman–Crippen LogP) is 8.38. The summed E-state index contributed by atoms with van der Waals surface area (Å²) in [5.74, 6) is -0.925. The number of halogens is 1. The van der Waals surface area contributed by atoms with Crippen molar-refractivity contribution in [1.29, 1.82) is 0 Å². The summed E-state index contributed by atoms with van der Waals surface area (Å²) in [5.41, 5.74) is 2.10. The van der Waals surface area contributed by atoms with E-state index in [1.165, 1.54) is 19.2 Å². The molecule has 8 nitrogen and oxygen atoms in total. The van der Waals surface area contributed by atoms with E-state index >= 15 is 0 Å². The predicted molar refractivity (Wildman–Crippen MR) is 186 cm³/mol. The average molecular weight is 676 g/mol. The summed E-state index contributed by atoms with van der Waals surface area (Å²) >= 11 is 0. The molecule has 0 aliphatic carbocycles. The fourth-order valence-electron chi connectivity index (χ4n) is 6.32. The van der Waals surface area contributed by atoms with E-state index in [9.17, 15) is 14.0 Å². The molecule has 264 valence electrons. The van der Waals surface area contributed by atoms with Gasteiger partial charge in [-0.2, -0.15) is 0 Å². The molecule has 0 spiro atoms. The van der Waals surface area contributed by atoms with Crippen LogP contribution >= 0.6 is 0 Å². The minimum absolute atomic E-state index is 0.103. The number of methoxy groups -OCH3 is 1. The summed E-state index contributed by atoms with van der Waals surface area (Å²) in [4.78, 5) is 25.2. The normalized spacial score (nSPS) is 15.0. The van der Waals surface area contributed by atoms with Gasteiger partial charge in [0, 0.05) is 19.4 Å². The van der Waals surface area contributed by atoms with Crippen LogP contribution in [-0.2, 0) is 41.2 Å². The molecule has 4 unspecified atom stereocenters. The second kappa shape index (κ2) is 18.7. The third-order valence-corrected chi connectivity index (χ3v) is 14.6. The van der Waals surface area contributed by atoms with Crippen molar-refractivity contribution in [1.82, 2.24) is 5.32 Å². The van der Waals surface area contributed by atoms with Crippen molar-refractivity contribution in [2.75, 3.05) is 13.7 Å². The number of carbonyl (C=O) groups is 2. The summed E-state index contributed by atoms with van der Waals surface area (Å²) in [7, 11) is -1.18. The zero-order valence-electron chi connectivity index (χ0n) is 30.3. The number of amides is 1. The Bertz CT molecular complexity index is 1200. The Hall–Kier alpha value is -2.79. The molecular weight excluding hydrogens is 617 g/mol. The molecule has 0 aliphatic rings. The molecule has 0 bridgehead atoms. The van der Waals surface area contributed by atoms with Crippen LogP contribution in [0.1, 0.15) is 86.8 Å². The van der Waals surface area contributed by atoms with E-state index in [0.717, 1.165) is 11.1 Å². The van der Waals surface area contributed by atoms with Crippen LogP contribution in [0, 0.1) is 5.82 Å². The first kappa shape index (κ1) is 40.4. The zero-order chi connectivity index (χ0) is 35.4. The molecule has 0 aliphatic heterocycles. The molecule has 0 saturated heterocycles. The molecule has 0 saturated carbocycles. The van der Waals surface area contributed by atoms with Crippen LogP contribution < -0.4 is 5.32 Å². The van der Waals surface area contributed by atoms with Gasteiger partial charge in [-0.25, -0.2) is 14.0 Å². The molecule has 47 heavy (non-hydrogen) atoms. The quantitative estimate of drug-likeness (QED) is 0.125. The number of hydrogen-bond acceptors (Lipinski definition) is 7. The van der Waals surface area contributed by atoms with E-state index in [0.29, 0.717) is 29.7 Å². The zero-order valence-corrected chi connectivity index (χ0v) is 31.3. The van der Waals surface area contributed by atoms with Gasteiger partial charge in [0.2, 0.25) is 8.32 Å². The highest BCUT2D eigenvalue weighted by molar-refractivity contribution is 6.77. The number of carbonyl (C=O) groups excluding carboxylic acids is 2. The van der Waals surface area contributed by atoms with Crippen molar-refractivity contribution in [3.05, 3.63) is 71.5 Å².